The van der Waals surface area contributed by atoms with E-state index in [1.807, 2.05) is 0 Å². The van der Waals surface area contributed by atoms with Gasteiger partial charge in [0, 0.05) is 18.5 Å². The Labute approximate surface area is 105 Å². The van der Waals surface area contributed by atoms with Gasteiger partial charge >= 0.3 is 0 Å². The number of nitrogens with two attached hydrogens (primary N) is 1. The fourth-order valence-corrected chi connectivity index (χ4v) is 2.48. The number of halogens is 1. The predicted molar refractivity (Wildman–Crippen MR) is 69.8 cm³/mol. The van der Waals surface area contributed by atoms with Crippen molar-refractivity contribution in [3.05, 3.63) is 0 Å². The number of carbonyl (C=O) groups excluding carboxylic acids is 1. The Balaban J connectivity index is 0.00000225. The summed E-state index contributed by atoms with van der Waals surface area (Å²) in [5, 5.41) is 0. The molecule has 1 saturated carbocycles. The molecule has 3 nitrogen and oxygen atoms in total. The van der Waals surface area contributed by atoms with Crippen LogP contribution in [0.15, 0.2) is 0 Å². The Morgan fingerprint density at radius 3 is 2.38 bits per heavy atom. The zero-order valence-electron chi connectivity index (χ0n) is 10.4. The molecule has 2 N–H and O–H groups in total. The highest BCUT2D eigenvalue weighted by Gasteiger charge is 2.27. The third-order valence-corrected chi connectivity index (χ3v) is 3.16. The van der Waals surface area contributed by atoms with E-state index in [9.17, 15) is 4.79 Å². The van der Waals surface area contributed by atoms with Gasteiger partial charge in [0.15, 0.2) is 0 Å². The van der Waals surface area contributed by atoms with E-state index >= 15 is 0 Å². The maximum Gasteiger partial charge on any atom is 0.223 e. The van der Waals surface area contributed by atoms with E-state index in [0.717, 1.165) is 6.42 Å². The van der Waals surface area contributed by atoms with Crippen LogP contribution in [0.3, 0.4) is 0 Å². The van der Waals surface area contributed by atoms with Gasteiger partial charge in [0.25, 0.3) is 0 Å². The summed E-state index contributed by atoms with van der Waals surface area (Å²) in [5.74, 6) is 0.294. The van der Waals surface area contributed by atoms with Gasteiger partial charge in [-0.25, -0.2) is 0 Å². The van der Waals surface area contributed by atoms with Gasteiger partial charge in [-0.3, -0.25) is 4.79 Å². The van der Waals surface area contributed by atoms with Gasteiger partial charge in [0.2, 0.25) is 5.91 Å². The molecular weight excluding hydrogens is 224 g/mol. The summed E-state index contributed by atoms with van der Waals surface area (Å²) in [4.78, 5) is 14.1. The third-order valence-electron chi connectivity index (χ3n) is 3.16. The van der Waals surface area contributed by atoms with Crippen LogP contribution in [0, 0.1) is 0 Å². The summed E-state index contributed by atoms with van der Waals surface area (Å²) in [6.45, 7) is 4.83. The zero-order valence-corrected chi connectivity index (χ0v) is 11.3. The highest BCUT2D eigenvalue weighted by Crippen LogP contribution is 2.25. The summed E-state index contributed by atoms with van der Waals surface area (Å²) in [6.07, 6.45) is 6.36. The Hall–Kier alpha value is -0.280. The average Bonchev–Trinajstić information content (AvgIpc) is 2.67. The minimum Gasteiger partial charge on any atom is -0.337 e. The maximum absolute atomic E-state index is 12.0. The van der Waals surface area contributed by atoms with E-state index in [-0.39, 0.29) is 12.4 Å². The van der Waals surface area contributed by atoms with E-state index in [0.29, 0.717) is 31.0 Å². The number of carbonyl (C=O) groups is 1. The summed E-state index contributed by atoms with van der Waals surface area (Å²) in [5.41, 5.74) is 5.44. The smallest absolute Gasteiger partial charge is 0.223 e. The van der Waals surface area contributed by atoms with Gasteiger partial charge in [-0.2, -0.15) is 0 Å². The molecule has 4 heteroatoms. The normalized spacial score (nSPS) is 16.2. The lowest BCUT2D eigenvalue weighted by Gasteiger charge is -2.33. The van der Waals surface area contributed by atoms with Crippen molar-refractivity contribution in [2.45, 2.75) is 64.5 Å². The number of hydrogen-bond acceptors (Lipinski definition) is 2. The van der Waals surface area contributed by atoms with Crippen LogP contribution in [0.2, 0.25) is 0 Å². The van der Waals surface area contributed by atoms with Crippen LogP contribution in [-0.2, 0) is 4.79 Å². The van der Waals surface area contributed by atoms with Crippen molar-refractivity contribution in [3.63, 3.8) is 0 Å². The second-order valence-corrected chi connectivity index (χ2v) is 4.73. The van der Waals surface area contributed by atoms with Crippen molar-refractivity contribution in [2.24, 2.45) is 5.73 Å². The predicted octanol–water partition coefficient (Wildman–Crippen LogP) is 2.33. The third kappa shape index (κ3) is 4.30. The molecule has 0 aromatic heterocycles. The molecule has 0 saturated heterocycles. The van der Waals surface area contributed by atoms with E-state index in [2.05, 4.69) is 18.7 Å². The molecule has 0 aliphatic heterocycles. The Kier molecular flexibility index (Phi) is 7.77. The molecular formula is C12H25ClN2O. The highest BCUT2D eigenvalue weighted by atomic mass is 35.5. The van der Waals surface area contributed by atoms with Crippen molar-refractivity contribution in [1.82, 2.24) is 4.90 Å². The monoisotopic (exact) mass is 248 g/mol. The van der Waals surface area contributed by atoms with Crippen molar-refractivity contribution >= 4 is 18.3 Å². The van der Waals surface area contributed by atoms with Crippen molar-refractivity contribution in [2.75, 3.05) is 6.54 Å². The van der Waals surface area contributed by atoms with E-state index in [1.165, 1.54) is 25.7 Å². The first-order valence-corrected chi connectivity index (χ1v) is 6.18. The first kappa shape index (κ1) is 15.7. The molecule has 0 aromatic carbocycles. The van der Waals surface area contributed by atoms with Crippen LogP contribution in [0.1, 0.15) is 52.4 Å². The van der Waals surface area contributed by atoms with E-state index in [4.69, 9.17) is 5.73 Å². The summed E-state index contributed by atoms with van der Waals surface area (Å²) in [7, 11) is 0. The van der Waals surface area contributed by atoms with Gasteiger partial charge in [-0.05, 0) is 39.7 Å². The first-order chi connectivity index (χ1) is 7.16. The molecule has 0 aromatic rings. The lowest BCUT2D eigenvalue weighted by Crippen LogP contribution is -2.43. The lowest BCUT2D eigenvalue weighted by molar-refractivity contribution is -0.135. The van der Waals surface area contributed by atoms with Gasteiger partial charge in [-0.1, -0.05) is 12.8 Å². The molecule has 1 amide bonds. The quantitative estimate of drug-likeness (QED) is 0.812. The number of nitrogens with zero attached hydrogens (tertiary/aromatic N) is 1. The SMILES string of the molecule is CC(C)N(C(=O)CCCN)C1CCCC1.Cl. The highest BCUT2D eigenvalue weighted by molar-refractivity contribution is 5.85. The topological polar surface area (TPSA) is 46.3 Å². The zero-order chi connectivity index (χ0) is 11.3. The molecule has 0 unspecified atom stereocenters. The molecule has 1 aliphatic carbocycles. The fourth-order valence-electron chi connectivity index (χ4n) is 2.48. The minimum absolute atomic E-state index is 0. The summed E-state index contributed by atoms with van der Waals surface area (Å²) in [6, 6.07) is 0.827. The Bertz CT molecular complexity index is 203. The molecule has 0 bridgehead atoms. The van der Waals surface area contributed by atoms with Crippen LogP contribution in [-0.4, -0.2) is 29.4 Å². The summed E-state index contributed by atoms with van der Waals surface area (Å²) < 4.78 is 0. The van der Waals surface area contributed by atoms with Crippen LogP contribution < -0.4 is 5.73 Å². The molecule has 1 fully saturated rings. The second-order valence-electron chi connectivity index (χ2n) is 4.73. The average molecular weight is 249 g/mol. The van der Waals surface area contributed by atoms with Crippen molar-refractivity contribution < 1.29 is 4.79 Å². The van der Waals surface area contributed by atoms with Gasteiger partial charge in [0.1, 0.15) is 0 Å². The number of rotatable bonds is 5. The molecule has 0 atom stereocenters. The second kappa shape index (κ2) is 7.91. The number of hydrogen-bond donors (Lipinski definition) is 1. The Morgan fingerprint density at radius 1 is 1.38 bits per heavy atom. The molecule has 1 rings (SSSR count). The van der Waals surface area contributed by atoms with Crippen molar-refractivity contribution in [3.8, 4) is 0 Å². The molecule has 96 valence electrons. The van der Waals surface area contributed by atoms with E-state index in [1.54, 1.807) is 0 Å². The number of amides is 1. The first-order valence-electron chi connectivity index (χ1n) is 6.18. The molecule has 0 heterocycles. The van der Waals surface area contributed by atoms with Crippen LogP contribution in [0.5, 0.6) is 0 Å². The van der Waals surface area contributed by atoms with Gasteiger partial charge < -0.3 is 10.6 Å². The fraction of sp³-hybridized carbons (Fsp3) is 0.917. The summed E-state index contributed by atoms with van der Waals surface area (Å²) >= 11 is 0. The van der Waals surface area contributed by atoms with Crippen LogP contribution >= 0.6 is 12.4 Å². The van der Waals surface area contributed by atoms with Gasteiger partial charge in [0.05, 0.1) is 0 Å². The largest absolute Gasteiger partial charge is 0.337 e. The Morgan fingerprint density at radius 2 is 1.94 bits per heavy atom. The maximum atomic E-state index is 12.0. The molecule has 0 spiro atoms. The molecule has 0 radical (unpaired) electrons. The lowest BCUT2D eigenvalue weighted by atomic mass is 10.1. The minimum atomic E-state index is 0. The van der Waals surface area contributed by atoms with Crippen LogP contribution in [0.4, 0.5) is 0 Å². The van der Waals surface area contributed by atoms with Gasteiger partial charge in [-0.15, -0.1) is 12.4 Å². The molecule has 1 aliphatic rings. The molecule has 16 heavy (non-hydrogen) atoms. The van der Waals surface area contributed by atoms with Crippen molar-refractivity contribution in [1.29, 1.82) is 0 Å². The van der Waals surface area contributed by atoms with E-state index < -0.39 is 0 Å². The van der Waals surface area contributed by atoms with Crippen LogP contribution in [0.25, 0.3) is 0 Å². The standard InChI is InChI=1S/C12H24N2O.ClH/c1-10(2)14(11-6-3-4-7-11)12(15)8-5-9-13;/h10-11H,3-9,13H2,1-2H3;1H.